The van der Waals surface area contributed by atoms with Gasteiger partial charge in [0.2, 0.25) is 11.8 Å². The van der Waals surface area contributed by atoms with E-state index in [2.05, 4.69) is 26.9 Å². The van der Waals surface area contributed by atoms with Crippen LogP contribution in [-0.2, 0) is 5.41 Å². The van der Waals surface area contributed by atoms with Crippen LogP contribution in [0.1, 0.15) is 43.9 Å². The SMILES string of the molecule is COc1cc(C#Cc2nn(C3CN(C(=O)O)C3)c3nc(C(C)(C)C)nc(N)c23)cc(OC)n1. The summed E-state index contributed by atoms with van der Waals surface area (Å²) in [6.45, 7) is 6.61. The Morgan fingerprint density at radius 1 is 1.12 bits per heavy atom. The van der Waals surface area contributed by atoms with Crippen LogP contribution in [0.4, 0.5) is 10.6 Å². The number of carbonyl (C=O) groups is 1. The van der Waals surface area contributed by atoms with Crippen molar-refractivity contribution in [3.05, 3.63) is 29.2 Å². The number of nitrogens with two attached hydrogens (primary N) is 1. The minimum absolute atomic E-state index is 0.164. The summed E-state index contributed by atoms with van der Waals surface area (Å²) in [6.07, 6.45) is -0.965. The molecule has 1 fully saturated rings. The van der Waals surface area contributed by atoms with Gasteiger partial charge >= 0.3 is 6.09 Å². The van der Waals surface area contributed by atoms with Gasteiger partial charge in [-0.1, -0.05) is 26.7 Å². The molecule has 0 bridgehead atoms. The molecular weight excluding hydrogens is 426 g/mol. The summed E-state index contributed by atoms with van der Waals surface area (Å²) in [4.78, 5) is 25.9. The van der Waals surface area contributed by atoms with Crippen LogP contribution in [0.15, 0.2) is 12.1 Å². The maximum absolute atomic E-state index is 11.2. The molecule has 0 aromatic carbocycles. The second-order valence-electron chi connectivity index (χ2n) is 8.71. The van der Waals surface area contributed by atoms with Crippen molar-refractivity contribution in [2.45, 2.75) is 32.2 Å². The number of carboxylic acid groups (broad SMARTS) is 1. The molecule has 0 unspecified atom stereocenters. The average molecular weight is 451 g/mol. The minimum atomic E-state index is -0.965. The fraction of sp³-hybridized carbons (Fsp3) is 0.409. The van der Waals surface area contributed by atoms with Crippen LogP contribution in [0.2, 0.25) is 0 Å². The molecule has 0 saturated carbocycles. The zero-order valence-electron chi connectivity index (χ0n) is 19.1. The second-order valence-corrected chi connectivity index (χ2v) is 8.71. The number of likely N-dealkylation sites (tertiary alicyclic amines) is 1. The third kappa shape index (κ3) is 4.19. The first-order chi connectivity index (χ1) is 15.6. The van der Waals surface area contributed by atoms with Crippen LogP contribution in [0.3, 0.4) is 0 Å². The number of hydrogen-bond acceptors (Lipinski definition) is 8. The van der Waals surface area contributed by atoms with Crippen LogP contribution in [0.25, 0.3) is 11.0 Å². The molecule has 1 aliphatic heterocycles. The number of pyridine rings is 1. The quantitative estimate of drug-likeness (QED) is 0.572. The highest BCUT2D eigenvalue weighted by Crippen LogP contribution is 2.31. The van der Waals surface area contributed by atoms with Crippen LogP contribution in [0, 0.1) is 11.8 Å². The summed E-state index contributed by atoms with van der Waals surface area (Å²) >= 11 is 0. The first-order valence-corrected chi connectivity index (χ1v) is 10.3. The number of methoxy groups -OCH3 is 2. The Kier molecular flexibility index (Phi) is 5.45. The number of amides is 1. The largest absolute Gasteiger partial charge is 0.481 e. The molecule has 4 rings (SSSR count). The van der Waals surface area contributed by atoms with E-state index in [9.17, 15) is 9.90 Å². The average Bonchev–Trinajstić information content (AvgIpc) is 3.08. The number of nitrogen functional groups attached to an aromatic ring is 1. The van der Waals surface area contributed by atoms with Crippen molar-refractivity contribution in [1.82, 2.24) is 29.6 Å². The van der Waals surface area contributed by atoms with Gasteiger partial charge in [0.1, 0.15) is 17.3 Å². The van der Waals surface area contributed by atoms with E-state index >= 15 is 0 Å². The second kappa shape index (κ2) is 8.12. The van der Waals surface area contributed by atoms with Gasteiger partial charge in [0, 0.05) is 36.2 Å². The number of hydrogen-bond donors (Lipinski definition) is 2. The van der Waals surface area contributed by atoms with E-state index in [1.807, 2.05) is 20.8 Å². The summed E-state index contributed by atoms with van der Waals surface area (Å²) in [5.74, 6) is 7.69. The number of aromatic nitrogens is 5. The van der Waals surface area contributed by atoms with Gasteiger partial charge in [-0.3, -0.25) is 0 Å². The van der Waals surface area contributed by atoms with E-state index in [4.69, 9.17) is 20.2 Å². The predicted molar refractivity (Wildman–Crippen MR) is 120 cm³/mol. The predicted octanol–water partition coefficient (Wildman–Crippen LogP) is 2.05. The molecule has 0 radical (unpaired) electrons. The molecule has 3 N–H and O–H groups in total. The summed E-state index contributed by atoms with van der Waals surface area (Å²) in [5, 5.41) is 14.4. The molecule has 1 saturated heterocycles. The van der Waals surface area contributed by atoms with Gasteiger partial charge in [-0.05, 0) is 5.92 Å². The Balaban J connectivity index is 1.83. The number of ether oxygens (including phenoxy) is 2. The third-order valence-electron chi connectivity index (χ3n) is 5.25. The van der Waals surface area contributed by atoms with Gasteiger partial charge in [0.15, 0.2) is 5.65 Å². The highest BCUT2D eigenvalue weighted by atomic mass is 16.5. The lowest BCUT2D eigenvalue weighted by molar-refractivity contribution is 0.0825. The third-order valence-corrected chi connectivity index (χ3v) is 5.25. The standard InChI is InChI=1S/C22H25N7O4/c1-22(2,3)20-25-18(23)17-14(7-6-12-8-15(32-4)24-16(9-12)33-5)27-29(19(17)26-20)13-10-28(11-13)21(30)31/h8-9,13H,10-11H2,1-5H3,(H,30,31)(H2,23,25,26). The number of anilines is 1. The summed E-state index contributed by atoms with van der Waals surface area (Å²) in [5.41, 5.74) is 7.57. The Hall–Kier alpha value is -4.07. The molecule has 0 aliphatic carbocycles. The number of rotatable bonds is 3. The topological polar surface area (TPSA) is 142 Å². The Bertz CT molecular complexity index is 1270. The fourth-order valence-corrected chi connectivity index (χ4v) is 3.40. The fourth-order valence-electron chi connectivity index (χ4n) is 3.40. The minimum Gasteiger partial charge on any atom is -0.481 e. The molecule has 11 heteroatoms. The highest BCUT2D eigenvalue weighted by molar-refractivity contribution is 5.91. The summed E-state index contributed by atoms with van der Waals surface area (Å²) in [7, 11) is 3.02. The van der Waals surface area contributed by atoms with E-state index in [0.29, 0.717) is 53.0 Å². The maximum Gasteiger partial charge on any atom is 0.407 e. The van der Waals surface area contributed by atoms with Crippen LogP contribution < -0.4 is 15.2 Å². The highest BCUT2D eigenvalue weighted by Gasteiger charge is 2.35. The molecular formula is C22H25N7O4. The van der Waals surface area contributed by atoms with Crippen LogP contribution >= 0.6 is 0 Å². The molecule has 3 aromatic heterocycles. The number of nitrogens with zero attached hydrogens (tertiary/aromatic N) is 6. The van der Waals surface area contributed by atoms with E-state index in [-0.39, 0.29) is 17.3 Å². The molecule has 33 heavy (non-hydrogen) atoms. The van der Waals surface area contributed by atoms with Crippen molar-refractivity contribution < 1.29 is 19.4 Å². The molecule has 0 spiro atoms. The Morgan fingerprint density at radius 2 is 1.76 bits per heavy atom. The lowest BCUT2D eigenvalue weighted by Gasteiger charge is -2.37. The van der Waals surface area contributed by atoms with E-state index in [1.165, 1.54) is 19.1 Å². The molecule has 1 aliphatic rings. The van der Waals surface area contributed by atoms with Gasteiger partial charge in [-0.2, -0.15) is 10.1 Å². The molecule has 1 amide bonds. The smallest absolute Gasteiger partial charge is 0.407 e. The molecule has 4 heterocycles. The van der Waals surface area contributed by atoms with Crippen molar-refractivity contribution in [3.63, 3.8) is 0 Å². The van der Waals surface area contributed by atoms with Crippen LogP contribution in [-0.4, -0.2) is 68.1 Å². The molecule has 3 aromatic rings. The van der Waals surface area contributed by atoms with Gasteiger partial charge in [0.25, 0.3) is 0 Å². The monoisotopic (exact) mass is 451 g/mol. The van der Waals surface area contributed by atoms with Crippen molar-refractivity contribution in [1.29, 1.82) is 0 Å². The molecule has 172 valence electrons. The summed E-state index contributed by atoms with van der Waals surface area (Å²) < 4.78 is 12.1. The van der Waals surface area contributed by atoms with Crippen molar-refractivity contribution in [3.8, 4) is 23.6 Å². The van der Waals surface area contributed by atoms with E-state index in [1.54, 1.807) is 16.8 Å². The van der Waals surface area contributed by atoms with Gasteiger partial charge in [0.05, 0.1) is 25.6 Å². The Labute approximate surface area is 190 Å². The van der Waals surface area contributed by atoms with Gasteiger partial charge < -0.3 is 25.2 Å². The Morgan fingerprint density at radius 3 is 2.30 bits per heavy atom. The van der Waals surface area contributed by atoms with Crippen molar-refractivity contribution >= 4 is 22.9 Å². The number of fused-ring (bicyclic) bond motifs is 1. The van der Waals surface area contributed by atoms with Crippen molar-refractivity contribution in [2.75, 3.05) is 33.0 Å². The van der Waals surface area contributed by atoms with E-state index < -0.39 is 6.09 Å². The zero-order valence-corrected chi connectivity index (χ0v) is 19.1. The van der Waals surface area contributed by atoms with Crippen LogP contribution in [0.5, 0.6) is 11.8 Å². The lowest BCUT2D eigenvalue weighted by Crippen LogP contribution is -2.50. The maximum atomic E-state index is 11.2. The van der Waals surface area contributed by atoms with Crippen molar-refractivity contribution in [2.24, 2.45) is 0 Å². The van der Waals surface area contributed by atoms with Gasteiger partial charge in [-0.15, -0.1) is 0 Å². The normalized spacial score (nSPS) is 13.9. The van der Waals surface area contributed by atoms with Gasteiger partial charge in [-0.25, -0.2) is 19.4 Å². The molecule has 0 atom stereocenters. The first kappa shape index (κ1) is 22.1. The van der Waals surface area contributed by atoms with E-state index in [0.717, 1.165) is 0 Å². The lowest BCUT2D eigenvalue weighted by atomic mass is 9.95. The zero-order chi connectivity index (χ0) is 23.9. The summed E-state index contributed by atoms with van der Waals surface area (Å²) in [6, 6.07) is 3.20. The molecule has 11 nitrogen and oxygen atoms in total. The first-order valence-electron chi connectivity index (χ1n) is 10.3.